The number of carbonyl (C=O) groups excluding carboxylic acids is 1. The van der Waals surface area contributed by atoms with Gasteiger partial charge in [0.2, 0.25) is 0 Å². The molecule has 2 rings (SSSR count). The van der Waals surface area contributed by atoms with Crippen molar-refractivity contribution in [2.75, 3.05) is 26.3 Å². The summed E-state index contributed by atoms with van der Waals surface area (Å²) in [5.74, 6) is 0.848. The third-order valence-electron chi connectivity index (χ3n) is 3.31. The quantitative estimate of drug-likeness (QED) is 0.861. The third kappa shape index (κ3) is 4.91. The zero-order valence-electron chi connectivity index (χ0n) is 13.8. The highest BCUT2D eigenvalue weighted by atomic mass is 16.6. The minimum Gasteiger partial charge on any atom is -0.491 e. The molecule has 0 bridgehead atoms. The molecule has 5 heteroatoms. The topological polar surface area (TPSA) is 48.0 Å². The van der Waals surface area contributed by atoms with Gasteiger partial charge in [0, 0.05) is 6.54 Å². The Bertz CT molecular complexity index is 510. The van der Waals surface area contributed by atoms with E-state index in [-0.39, 0.29) is 12.2 Å². The van der Waals surface area contributed by atoms with E-state index in [0.717, 1.165) is 11.3 Å². The van der Waals surface area contributed by atoms with E-state index >= 15 is 0 Å². The van der Waals surface area contributed by atoms with Crippen LogP contribution in [0.15, 0.2) is 24.3 Å². The minimum atomic E-state index is -0.484. The molecule has 1 aromatic carbocycles. The molecule has 0 unspecified atom stereocenters. The fraction of sp³-hybridized carbons (Fsp3) is 0.588. The molecular formula is C17H25NO4. The molecule has 1 atom stereocenters. The van der Waals surface area contributed by atoms with Crippen molar-refractivity contribution in [3.05, 3.63) is 29.8 Å². The van der Waals surface area contributed by atoms with Gasteiger partial charge in [-0.25, -0.2) is 4.79 Å². The molecule has 1 fully saturated rings. The van der Waals surface area contributed by atoms with Crippen LogP contribution in [0.5, 0.6) is 5.75 Å². The number of amides is 1. The number of carbonyl (C=O) groups is 1. The van der Waals surface area contributed by atoms with Crippen molar-refractivity contribution in [3.8, 4) is 5.75 Å². The number of ether oxygens (including phenoxy) is 3. The number of para-hydroxylation sites is 1. The van der Waals surface area contributed by atoms with E-state index < -0.39 is 5.60 Å². The lowest BCUT2D eigenvalue weighted by Crippen LogP contribution is -2.49. The maximum absolute atomic E-state index is 12.1. The molecule has 0 radical (unpaired) electrons. The largest absolute Gasteiger partial charge is 0.491 e. The summed E-state index contributed by atoms with van der Waals surface area (Å²) >= 11 is 0. The van der Waals surface area contributed by atoms with Gasteiger partial charge in [-0.2, -0.15) is 0 Å². The van der Waals surface area contributed by atoms with Crippen molar-refractivity contribution in [2.45, 2.75) is 39.4 Å². The molecule has 22 heavy (non-hydrogen) atoms. The number of morpholine rings is 1. The van der Waals surface area contributed by atoms with Crippen LogP contribution in [0.3, 0.4) is 0 Å². The first-order valence-electron chi connectivity index (χ1n) is 7.63. The Morgan fingerprint density at radius 2 is 2.09 bits per heavy atom. The van der Waals surface area contributed by atoms with Crippen molar-refractivity contribution >= 4 is 6.09 Å². The maximum Gasteiger partial charge on any atom is 0.410 e. The second-order valence-electron chi connectivity index (χ2n) is 6.50. The van der Waals surface area contributed by atoms with Crippen LogP contribution in [0.1, 0.15) is 26.3 Å². The van der Waals surface area contributed by atoms with Gasteiger partial charge in [0.1, 0.15) is 24.1 Å². The molecule has 1 heterocycles. The van der Waals surface area contributed by atoms with Crippen LogP contribution in [0.25, 0.3) is 0 Å². The monoisotopic (exact) mass is 307 g/mol. The summed E-state index contributed by atoms with van der Waals surface area (Å²) in [5.41, 5.74) is 0.602. The van der Waals surface area contributed by atoms with E-state index in [1.165, 1.54) is 0 Å². The van der Waals surface area contributed by atoms with E-state index in [1.54, 1.807) is 4.90 Å². The molecule has 0 aromatic heterocycles. The van der Waals surface area contributed by atoms with E-state index in [9.17, 15) is 4.79 Å². The van der Waals surface area contributed by atoms with Gasteiger partial charge in [-0.1, -0.05) is 18.2 Å². The Labute approximate surface area is 132 Å². The molecule has 1 amide bonds. The summed E-state index contributed by atoms with van der Waals surface area (Å²) < 4.78 is 16.9. The highest BCUT2D eigenvalue weighted by Crippen LogP contribution is 2.18. The van der Waals surface area contributed by atoms with Crippen molar-refractivity contribution in [1.82, 2.24) is 4.90 Å². The summed E-state index contributed by atoms with van der Waals surface area (Å²) in [7, 11) is 0. The van der Waals surface area contributed by atoms with Crippen LogP contribution < -0.4 is 4.74 Å². The van der Waals surface area contributed by atoms with Crippen LogP contribution in [0.4, 0.5) is 4.79 Å². The molecule has 1 aliphatic rings. The predicted octanol–water partition coefficient (Wildman–Crippen LogP) is 3.01. The smallest absolute Gasteiger partial charge is 0.410 e. The van der Waals surface area contributed by atoms with Crippen molar-refractivity contribution < 1.29 is 19.0 Å². The Kier molecular flexibility index (Phi) is 5.29. The van der Waals surface area contributed by atoms with Crippen molar-refractivity contribution in [1.29, 1.82) is 0 Å². The summed E-state index contributed by atoms with van der Waals surface area (Å²) in [4.78, 5) is 13.8. The average Bonchev–Trinajstić information content (AvgIpc) is 2.45. The van der Waals surface area contributed by atoms with E-state index in [2.05, 4.69) is 0 Å². The normalized spacial score (nSPS) is 18.9. The molecule has 0 N–H and O–H groups in total. The van der Waals surface area contributed by atoms with Gasteiger partial charge in [0.05, 0.1) is 13.2 Å². The molecule has 0 spiro atoms. The first-order valence-corrected chi connectivity index (χ1v) is 7.63. The summed E-state index contributed by atoms with van der Waals surface area (Å²) in [5, 5.41) is 0. The average molecular weight is 307 g/mol. The lowest BCUT2D eigenvalue weighted by atomic mass is 10.2. The van der Waals surface area contributed by atoms with Crippen LogP contribution in [-0.2, 0) is 9.47 Å². The van der Waals surface area contributed by atoms with Crippen molar-refractivity contribution in [2.24, 2.45) is 0 Å². The molecule has 5 nitrogen and oxygen atoms in total. The molecule has 0 saturated carbocycles. The van der Waals surface area contributed by atoms with E-state index in [4.69, 9.17) is 14.2 Å². The molecule has 1 saturated heterocycles. The predicted molar refractivity (Wildman–Crippen MR) is 84.2 cm³/mol. The van der Waals surface area contributed by atoms with Gasteiger partial charge in [-0.05, 0) is 39.3 Å². The molecule has 1 aromatic rings. The Morgan fingerprint density at radius 3 is 2.77 bits per heavy atom. The van der Waals surface area contributed by atoms with Gasteiger partial charge < -0.3 is 19.1 Å². The standard InChI is InChI=1S/C17H25NO4/c1-13-7-5-6-8-15(13)21-12-14-11-18(9-10-20-14)16(19)22-17(2,3)4/h5-8,14H,9-12H2,1-4H3/t14-/m1/s1. The minimum absolute atomic E-state index is 0.138. The van der Waals surface area contributed by atoms with Gasteiger partial charge in [0.15, 0.2) is 0 Å². The highest BCUT2D eigenvalue weighted by Gasteiger charge is 2.28. The lowest BCUT2D eigenvalue weighted by molar-refractivity contribution is -0.0557. The Balaban J connectivity index is 1.86. The SMILES string of the molecule is Cc1ccccc1OC[C@H]1CN(C(=O)OC(C)(C)C)CCO1. The second kappa shape index (κ2) is 7.01. The fourth-order valence-corrected chi connectivity index (χ4v) is 2.21. The van der Waals surface area contributed by atoms with Gasteiger partial charge in [-0.15, -0.1) is 0 Å². The molecular weight excluding hydrogens is 282 g/mol. The first kappa shape index (κ1) is 16.6. The lowest BCUT2D eigenvalue weighted by Gasteiger charge is -2.34. The number of benzene rings is 1. The number of rotatable bonds is 3. The number of nitrogens with zero attached hydrogens (tertiary/aromatic N) is 1. The van der Waals surface area contributed by atoms with Gasteiger partial charge >= 0.3 is 6.09 Å². The van der Waals surface area contributed by atoms with E-state index in [0.29, 0.717) is 26.3 Å². The van der Waals surface area contributed by atoms with E-state index in [1.807, 2.05) is 52.0 Å². The Morgan fingerprint density at radius 1 is 1.36 bits per heavy atom. The molecule has 0 aliphatic carbocycles. The highest BCUT2D eigenvalue weighted by molar-refractivity contribution is 5.68. The number of hydrogen-bond acceptors (Lipinski definition) is 4. The van der Waals surface area contributed by atoms with Gasteiger partial charge in [-0.3, -0.25) is 0 Å². The first-order chi connectivity index (χ1) is 10.3. The third-order valence-corrected chi connectivity index (χ3v) is 3.31. The number of hydrogen-bond donors (Lipinski definition) is 0. The summed E-state index contributed by atoms with van der Waals surface area (Å²) in [6.07, 6.45) is -0.433. The maximum atomic E-state index is 12.1. The van der Waals surface area contributed by atoms with Gasteiger partial charge in [0.25, 0.3) is 0 Å². The summed E-state index contributed by atoms with van der Waals surface area (Å²) in [6.45, 7) is 9.56. The van der Waals surface area contributed by atoms with Crippen LogP contribution >= 0.6 is 0 Å². The van der Waals surface area contributed by atoms with Crippen molar-refractivity contribution in [3.63, 3.8) is 0 Å². The van der Waals surface area contributed by atoms with Crippen LogP contribution in [0.2, 0.25) is 0 Å². The summed E-state index contributed by atoms with van der Waals surface area (Å²) in [6, 6.07) is 7.86. The number of aryl methyl sites for hydroxylation is 1. The Hall–Kier alpha value is -1.75. The fourth-order valence-electron chi connectivity index (χ4n) is 2.21. The second-order valence-corrected chi connectivity index (χ2v) is 6.50. The molecule has 122 valence electrons. The zero-order valence-corrected chi connectivity index (χ0v) is 13.8. The van der Waals surface area contributed by atoms with Crippen LogP contribution in [-0.4, -0.2) is 49.0 Å². The van der Waals surface area contributed by atoms with Crippen LogP contribution in [0, 0.1) is 6.92 Å². The molecule has 1 aliphatic heterocycles. The zero-order chi connectivity index (χ0) is 16.2.